The molecule has 29 heavy (non-hydrogen) atoms. The molecule has 0 atom stereocenters. The van der Waals surface area contributed by atoms with E-state index in [0.717, 1.165) is 12.8 Å². The summed E-state index contributed by atoms with van der Waals surface area (Å²) in [4.78, 5) is 0. The van der Waals surface area contributed by atoms with Crippen LogP contribution in [0, 0.1) is 0 Å². The Kier molecular flexibility index (Phi) is 7.94. The van der Waals surface area contributed by atoms with Gasteiger partial charge in [0.25, 0.3) is 0 Å². The normalized spacial score (nSPS) is 10.7. The Morgan fingerprint density at radius 1 is 0.379 bits per heavy atom. The minimum Gasteiger partial charge on any atom is -1.00 e. The van der Waals surface area contributed by atoms with E-state index in [-0.39, 0.29) is 20.3 Å². The third kappa shape index (κ3) is 5.51. The van der Waals surface area contributed by atoms with E-state index < -0.39 is 0 Å². The van der Waals surface area contributed by atoms with Gasteiger partial charge in [-0.05, 0) is 35.1 Å². The van der Waals surface area contributed by atoms with E-state index in [0.29, 0.717) is 11.8 Å². The first-order chi connectivity index (χ1) is 13.9. The second-order valence-electron chi connectivity index (χ2n) is 7.33. The van der Waals surface area contributed by atoms with Crippen molar-refractivity contribution in [2.45, 2.75) is 24.7 Å². The molecule has 0 amide bonds. The standard InChI is InChI=1S/C28H26.Li.H/c1-5-13-23(14-6-1)27(24-15-7-2-8-16-24)21-22-28(25-17-9-3-10-18-25)26-19-11-4-12-20-26;;/h1-20,27-28H,21-22H2;;/q;+1;-1. The molecule has 0 nitrogen and oxygen atoms in total. The van der Waals surface area contributed by atoms with E-state index in [1.807, 2.05) is 0 Å². The predicted octanol–water partition coefficient (Wildman–Crippen LogP) is 4.55. The summed E-state index contributed by atoms with van der Waals surface area (Å²) in [5.74, 6) is 0.828. The van der Waals surface area contributed by atoms with E-state index in [2.05, 4.69) is 121 Å². The van der Waals surface area contributed by atoms with Crippen molar-refractivity contribution in [1.82, 2.24) is 0 Å². The van der Waals surface area contributed by atoms with Crippen molar-refractivity contribution >= 4 is 0 Å². The van der Waals surface area contributed by atoms with Crippen LogP contribution in [-0.4, -0.2) is 0 Å². The topological polar surface area (TPSA) is 0 Å². The Hall–Kier alpha value is -2.52. The van der Waals surface area contributed by atoms with Gasteiger partial charge in [-0.25, -0.2) is 0 Å². The molecule has 4 rings (SSSR count). The minimum absolute atomic E-state index is 0. The molecule has 0 spiro atoms. The Balaban J connectivity index is 0.00000160. The van der Waals surface area contributed by atoms with Crippen molar-refractivity contribution in [1.29, 1.82) is 0 Å². The second kappa shape index (κ2) is 10.9. The molecule has 0 saturated heterocycles. The average molecular weight is 370 g/mol. The molecule has 140 valence electrons. The molecule has 0 aliphatic carbocycles. The fourth-order valence-electron chi connectivity index (χ4n) is 4.13. The Morgan fingerprint density at radius 2 is 0.586 bits per heavy atom. The molecule has 0 saturated carbocycles. The summed E-state index contributed by atoms with van der Waals surface area (Å²) in [6.45, 7) is 0. The zero-order valence-electron chi connectivity index (χ0n) is 18.1. The van der Waals surface area contributed by atoms with Gasteiger partial charge in [-0.15, -0.1) is 0 Å². The number of rotatable bonds is 7. The fraction of sp³-hybridized carbons (Fsp3) is 0.143. The average Bonchev–Trinajstić information content (AvgIpc) is 2.79. The molecule has 1 heteroatoms. The maximum Gasteiger partial charge on any atom is 1.00 e. The molecule has 0 radical (unpaired) electrons. The van der Waals surface area contributed by atoms with Crippen molar-refractivity contribution < 1.29 is 20.3 Å². The van der Waals surface area contributed by atoms with Crippen LogP contribution < -0.4 is 18.9 Å². The quantitative estimate of drug-likeness (QED) is 0.419. The zero-order chi connectivity index (χ0) is 19.0. The molecule has 0 N–H and O–H groups in total. The number of benzene rings is 4. The molecule has 0 unspecified atom stereocenters. The van der Waals surface area contributed by atoms with Crippen molar-refractivity contribution in [3.63, 3.8) is 0 Å². The van der Waals surface area contributed by atoms with Gasteiger partial charge in [0, 0.05) is 11.8 Å². The first kappa shape index (κ1) is 21.2. The molecule has 0 aromatic heterocycles. The number of hydrogen-bond donors (Lipinski definition) is 0. The summed E-state index contributed by atoms with van der Waals surface area (Å²) in [5.41, 5.74) is 5.59. The van der Waals surface area contributed by atoms with Gasteiger partial charge in [-0.3, -0.25) is 0 Å². The van der Waals surface area contributed by atoms with Gasteiger partial charge in [-0.1, -0.05) is 121 Å². The van der Waals surface area contributed by atoms with Gasteiger partial charge >= 0.3 is 18.9 Å². The van der Waals surface area contributed by atoms with Gasteiger partial charge in [0.15, 0.2) is 0 Å². The molecule has 0 aliphatic rings. The van der Waals surface area contributed by atoms with Crippen LogP contribution in [0.2, 0.25) is 0 Å². The summed E-state index contributed by atoms with van der Waals surface area (Å²) in [7, 11) is 0. The van der Waals surface area contributed by atoms with Crippen LogP contribution in [0.15, 0.2) is 121 Å². The molecule has 0 aliphatic heterocycles. The van der Waals surface area contributed by atoms with E-state index in [9.17, 15) is 0 Å². The molecular weight excluding hydrogens is 343 g/mol. The maximum atomic E-state index is 2.26. The van der Waals surface area contributed by atoms with Gasteiger partial charge in [0.05, 0.1) is 0 Å². The first-order valence-electron chi connectivity index (χ1n) is 10.1. The van der Waals surface area contributed by atoms with Crippen molar-refractivity contribution in [2.75, 3.05) is 0 Å². The van der Waals surface area contributed by atoms with Crippen LogP contribution in [-0.2, 0) is 0 Å². The van der Waals surface area contributed by atoms with Crippen molar-refractivity contribution in [3.05, 3.63) is 144 Å². The summed E-state index contributed by atoms with van der Waals surface area (Å²) >= 11 is 0. The third-order valence-corrected chi connectivity index (χ3v) is 5.55. The summed E-state index contributed by atoms with van der Waals surface area (Å²) < 4.78 is 0. The first-order valence-corrected chi connectivity index (χ1v) is 10.1. The summed E-state index contributed by atoms with van der Waals surface area (Å²) in [6, 6.07) is 43.7. The van der Waals surface area contributed by atoms with Gasteiger partial charge in [0.1, 0.15) is 0 Å². The predicted molar refractivity (Wildman–Crippen MR) is 120 cm³/mol. The van der Waals surface area contributed by atoms with Crippen LogP contribution in [0.5, 0.6) is 0 Å². The zero-order valence-corrected chi connectivity index (χ0v) is 17.1. The van der Waals surface area contributed by atoms with Crippen molar-refractivity contribution in [2.24, 2.45) is 0 Å². The summed E-state index contributed by atoms with van der Waals surface area (Å²) in [5, 5.41) is 0. The molecule has 0 heterocycles. The molecule has 0 fully saturated rings. The maximum absolute atomic E-state index is 2.26. The van der Waals surface area contributed by atoms with Crippen LogP contribution in [0.4, 0.5) is 0 Å². The van der Waals surface area contributed by atoms with E-state index in [1.165, 1.54) is 22.3 Å². The smallest absolute Gasteiger partial charge is 1.00 e. The van der Waals surface area contributed by atoms with Crippen LogP contribution in [0.25, 0.3) is 0 Å². The molecule has 4 aromatic rings. The van der Waals surface area contributed by atoms with E-state index >= 15 is 0 Å². The largest absolute Gasteiger partial charge is 1.00 e. The minimum atomic E-state index is 0. The van der Waals surface area contributed by atoms with Gasteiger partial charge in [-0.2, -0.15) is 0 Å². The Morgan fingerprint density at radius 3 is 0.793 bits per heavy atom. The SMILES string of the molecule is [H-].[Li+].c1ccc(C(CCC(c2ccccc2)c2ccccc2)c2ccccc2)cc1. The molecule has 0 bridgehead atoms. The Labute approximate surface area is 188 Å². The second-order valence-corrected chi connectivity index (χ2v) is 7.33. The fourth-order valence-corrected chi connectivity index (χ4v) is 4.13. The summed E-state index contributed by atoms with van der Waals surface area (Å²) in [6.07, 6.45) is 2.23. The van der Waals surface area contributed by atoms with E-state index in [1.54, 1.807) is 0 Å². The van der Waals surface area contributed by atoms with Gasteiger partial charge < -0.3 is 1.43 Å². The van der Waals surface area contributed by atoms with Crippen LogP contribution >= 0.6 is 0 Å². The van der Waals surface area contributed by atoms with Crippen LogP contribution in [0.1, 0.15) is 48.4 Å². The van der Waals surface area contributed by atoms with E-state index in [4.69, 9.17) is 0 Å². The van der Waals surface area contributed by atoms with Crippen LogP contribution in [0.3, 0.4) is 0 Å². The third-order valence-electron chi connectivity index (χ3n) is 5.55. The Bertz CT molecular complexity index is 794. The van der Waals surface area contributed by atoms with Crippen molar-refractivity contribution in [3.8, 4) is 0 Å². The molecule has 4 aromatic carbocycles. The number of hydrogen-bond acceptors (Lipinski definition) is 0. The van der Waals surface area contributed by atoms with Gasteiger partial charge in [0.2, 0.25) is 0 Å². The monoisotopic (exact) mass is 370 g/mol. The molecular formula is C28H27Li.